The molecule has 0 atom stereocenters. The van der Waals surface area contributed by atoms with Crippen LogP contribution in [0, 0.1) is 6.92 Å². The number of nitrogens with zero attached hydrogens (tertiary/aromatic N) is 1. The van der Waals surface area contributed by atoms with Crippen molar-refractivity contribution < 1.29 is 27.2 Å². The number of furan rings is 1. The molecule has 0 aliphatic rings. The topological polar surface area (TPSA) is 74.6 Å². The van der Waals surface area contributed by atoms with E-state index in [1.54, 1.807) is 33.7 Å². The summed E-state index contributed by atoms with van der Waals surface area (Å²) < 4.78 is 41.5. The number of carbonyl (C=O) groups excluding carboxylic acids is 2. The third-order valence-corrected chi connectivity index (χ3v) is 4.19. The van der Waals surface area contributed by atoms with Crippen LogP contribution in [-0.4, -0.2) is 36.1 Å². The number of rotatable bonds is 7. The molecule has 0 saturated heterocycles. The first-order valence-corrected chi connectivity index (χ1v) is 8.47. The Labute approximate surface area is 152 Å². The summed E-state index contributed by atoms with van der Waals surface area (Å²) in [5.41, 5.74) is 0. The number of amides is 3. The molecule has 2 heterocycles. The van der Waals surface area contributed by atoms with Crippen LogP contribution < -0.4 is 10.6 Å². The van der Waals surface area contributed by atoms with Gasteiger partial charge in [-0.3, -0.25) is 15.0 Å². The number of aryl methyl sites for hydroxylation is 1. The van der Waals surface area contributed by atoms with Gasteiger partial charge in [-0.05, 0) is 31.2 Å². The lowest BCUT2D eigenvalue weighted by Crippen LogP contribution is -2.46. The summed E-state index contributed by atoms with van der Waals surface area (Å²) >= 11 is 1.57. The highest BCUT2D eigenvalue weighted by Crippen LogP contribution is 2.18. The number of halogens is 3. The number of hydrogen-bond acceptors (Lipinski definition) is 5. The van der Waals surface area contributed by atoms with Gasteiger partial charge in [0.25, 0.3) is 0 Å². The minimum absolute atomic E-state index is 0.170. The van der Waals surface area contributed by atoms with E-state index in [1.165, 1.54) is 6.26 Å². The fourth-order valence-corrected chi connectivity index (χ4v) is 3.11. The zero-order valence-electron chi connectivity index (χ0n) is 13.9. The number of hydrogen-bond donors (Lipinski definition) is 2. The first-order valence-electron chi connectivity index (χ1n) is 7.66. The van der Waals surface area contributed by atoms with E-state index in [9.17, 15) is 22.8 Å². The predicted molar refractivity (Wildman–Crippen MR) is 89.5 cm³/mol. The zero-order chi connectivity index (χ0) is 19.2. The van der Waals surface area contributed by atoms with Crippen LogP contribution in [0.1, 0.15) is 15.5 Å². The van der Waals surface area contributed by atoms with E-state index < -0.39 is 24.7 Å². The van der Waals surface area contributed by atoms with Gasteiger partial charge in [-0.15, -0.1) is 11.3 Å². The third kappa shape index (κ3) is 7.28. The van der Waals surface area contributed by atoms with Crippen LogP contribution >= 0.6 is 11.3 Å². The second-order valence-electron chi connectivity index (χ2n) is 5.58. The maximum Gasteiger partial charge on any atom is 0.405 e. The minimum atomic E-state index is -4.54. The fraction of sp³-hybridized carbons (Fsp3) is 0.375. The SMILES string of the molecule is Cc1ccc(CN(CC(=O)NC(=O)NCC(F)(F)F)Cc2ccco2)s1. The Bertz CT molecular complexity index is 729. The molecule has 0 unspecified atom stereocenters. The van der Waals surface area contributed by atoms with E-state index in [2.05, 4.69) is 0 Å². The molecule has 0 radical (unpaired) electrons. The van der Waals surface area contributed by atoms with E-state index >= 15 is 0 Å². The molecular weight excluding hydrogens is 371 g/mol. The van der Waals surface area contributed by atoms with E-state index in [0.29, 0.717) is 18.8 Å². The monoisotopic (exact) mass is 389 g/mol. The van der Waals surface area contributed by atoms with Crippen molar-refractivity contribution in [2.24, 2.45) is 0 Å². The lowest BCUT2D eigenvalue weighted by atomic mass is 10.3. The Kier molecular flexibility index (Phi) is 6.81. The highest BCUT2D eigenvalue weighted by atomic mass is 32.1. The lowest BCUT2D eigenvalue weighted by molar-refractivity contribution is -0.125. The minimum Gasteiger partial charge on any atom is -0.468 e. The Morgan fingerprint density at radius 3 is 2.58 bits per heavy atom. The van der Waals surface area contributed by atoms with Crippen molar-refractivity contribution in [3.05, 3.63) is 46.0 Å². The second kappa shape index (κ2) is 8.86. The normalized spacial score (nSPS) is 11.6. The molecule has 10 heteroatoms. The molecule has 2 aromatic heterocycles. The molecular formula is C16H18F3N3O3S. The van der Waals surface area contributed by atoms with Crippen molar-refractivity contribution in [3.8, 4) is 0 Å². The maximum atomic E-state index is 12.1. The Hall–Kier alpha value is -2.33. The Morgan fingerprint density at radius 1 is 1.23 bits per heavy atom. The van der Waals surface area contributed by atoms with Gasteiger partial charge < -0.3 is 9.73 Å². The van der Waals surface area contributed by atoms with Crippen LogP contribution in [0.3, 0.4) is 0 Å². The van der Waals surface area contributed by atoms with Crippen LogP contribution in [0.2, 0.25) is 0 Å². The molecule has 0 aliphatic heterocycles. The molecule has 0 fully saturated rings. The number of alkyl halides is 3. The molecule has 2 N–H and O–H groups in total. The van der Waals surface area contributed by atoms with Crippen LogP contribution in [0.15, 0.2) is 34.9 Å². The van der Waals surface area contributed by atoms with Crippen LogP contribution in [0.25, 0.3) is 0 Å². The quantitative estimate of drug-likeness (QED) is 0.763. The first-order chi connectivity index (χ1) is 12.2. The van der Waals surface area contributed by atoms with Crippen molar-refractivity contribution in [2.45, 2.75) is 26.2 Å². The Morgan fingerprint density at radius 2 is 2.00 bits per heavy atom. The van der Waals surface area contributed by atoms with E-state index in [1.807, 2.05) is 24.4 Å². The van der Waals surface area contributed by atoms with Crippen molar-refractivity contribution in [1.29, 1.82) is 0 Å². The average molecular weight is 389 g/mol. The summed E-state index contributed by atoms with van der Waals surface area (Å²) in [6.07, 6.45) is -3.03. The van der Waals surface area contributed by atoms with Crippen molar-refractivity contribution in [1.82, 2.24) is 15.5 Å². The molecule has 6 nitrogen and oxygen atoms in total. The summed E-state index contributed by atoms with van der Waals surface area (Å²) in [5, 5.41) is 3.49. The van der Waals surface area contributed by atoms with Crippen LogP contribution in [-0.2, 0) is 17.9 Å². The van der Waals surface area contributed by atoms with Crippen molar-refractivity contribution >= 4 is 23.3 Å². The predicted octanol–water partition coefficient (Wildman–Crippen LogP) is 3.04. The molecule has 0 spiro atoms. The number of thiophene rings is 1. The van der Waals surface area contributed by atoms with E-state index in [4.69, 9.17) is 4.42 Å². The maximum absolute atomic E-state index is 12.1. The fourth-order valence-electron chi connectivity index (χ4n) is 2.18. The second-order valence-corrected chi connectivity index (χ2v) is 6.96. The number of carbonyl (C=O) groups is 2. The van der Waals surface area contributed by atoms with E-state index in [0.717, 1.165) is 9.75 Å². The van der Waals surface area contributed by atoms with Gasteiger partial charge in [0, 0.05) is 16.3 Å². The number of imide groups is 1. The van der Waals surface area contributed by atoms with Crippen LogP contribution in [0.5, 0.6) is 0 Å². The molecule has 0 aliphatic carbocycles. The molecule has 3 amide bonds. The molecule has 0 saturated carbocycles. The molecule has 142 valence electrons. The smallest absolute Gasteiger partial charge is 0.405 e. The van der Waals surface area contributed by atoms with Gasteiger partial charge in [0.15, 0.2) is 0 Å². The number of nitrogens with one attached hydrogen (secondary N) is 2. The van der Waals surface area contributed by atoms with E-state index in [-0.39, 0.29) is 6.54 Å². The molecule has 0 bridgehead atoms. The van der Waals surface area contributed by atoms with Gasteiger partial charge in [0.2, 0.25) is 5.91 Å². The molecule has 0 aromatic carbocycles. The standard InChI is InChI=1S/C16H18F3N3O3S/c1-11-4-5-13(26-11)8-22(7-12-3-2-6-25-12)9-14(23)21-15(24)20-10-16(17,18)19/h2-6H,7-10H2,1H3,(H2,20,21,23,24). The van der Waals surface area contributed by atoms with Gasteiger partial charge in [-0.2, -0.15) is 13.2 Å². The van der Waals surface area contributed by atoms with Gasteiger partial charge in [-0.1, -0.05) is 0 Å². The summed E-state index contributed by atoms with van der Waals surface area (Å²) in [6.45, 7) is 1.05. The summed E-state index contributed by atoms with van der Waals surface area (Å²) in [6, 6.07) is 6.17. The Balaban J connectivity index is 1.92. The third-order valence-electron chi connectivity index (χ3n) is 3.20. The lowest BCUT2D eigenvalue weighted by Gasteiger charge is -2.20. The van der Waals surface area contributed by atoms with Crippen molar-refractivity contribution in [3.63, 3.8) is 0 Å². The summed E-state index contributed by atoms with van der Waals surface area (Å²) in [4.78, 5) is 27.2. The largest absolute Gasteiger partial charge is 0.468 e. The zero-order valence-corrected chi connectivity index (χ0v) is 14.7. The van der Waals surface area contributed by atoms with Gasteiger partial charge >= 0.3 is 12.2 Å². The number of urea groups is 1. The molecule has 2 rings (SSSR count). The highest BCUT2D eigenvalue weighted by Gasteiger charge is 2.28. The van der Waals surface area contributed by atoms with Gasteiger partial charge in [-0.25, -0.2) is 4.79 Å². The molecule has 2 aromatic rings. The summed E-state index contributed by atoms with van der Waals surface area (Å²) in [5.74, 6) is -0.0721. The highest BCUT2D eigenvalue weighted by molar-refractivity contribution is 7.11. The van der Waals surface area contributed by atoms with Crippen LogP contribution in [0.4, 0.5) is 18.0 Å². The van der Waals surface area contributed by atoms with Gasteiger partial charge in [0.1, 0.15) is 12.3 Å². The first kappa shape index (κ1) is 20.0. The summed E-state index contributed by atoms with van der Waals surface area (Å²) in [7, 11) is 0. The van der Waals surface area contributed by atoms with Gasteiger partial charge in [0.05, 0.1) is 19.4 Å². The average Bonchev–Trinajstić information content (AvgIpc) is 3.16. The van der Waals surface area contributed by atoms with Crippen molar-refractivity contribution in [2.75, 3.05) is 13.1 Å². The molecule has 26 heavy (non-hydrogen) atoms.